The van der Waals surface area contributed by atoms with E-state index in [1.54, 1.807) is 0 Å². The molecular formula is C13H8FN3O3. The summed E-state index contributed by atoms with van der Waals surface area (Å²) in [4.78, 5) is 14.4. The van der Waals surface area contributed by atoms with E-state index in [-0.39, 0.29) is 17.2 Å². The second-order valence-electron chi connectivity index (χ2n) is 4.16. The summed E-state index contributed by atoms with van der Waals surface area (Å²) in [5.41, 5.74) is 6.96. The molecule has 7 heteroatoms. The van der Waals surface area contributed by atoms with Gasteiger partial charge in [0.05, 0.1) is 10.5 Å². The van der Waals surface area contributed by atoms with E-state index in [4.69, 9.17) is 10.2 Å². The van der Waals surface area contributed by atoms with Crippen LogP contribution in [0.5, 0.6) is 0 Å². The Balaban J connectivity index is 2.19. The van der Waals surface area contributed by atoms with Gasteiger partial charge in [-0.2, -0.15) is 0 Å². The molecule has 0 saturated heterocycles. The first-order chi connectivity index (χ1) is 9.54. The van der Waals surface area contributed by atoms with E-state index in [0.29, 0.717) is 16.8 Å². The number of nitrogens with two attached hydrogens (primary N) is 1. The fourth-order valence-electron chi connectivity index (χ4n) is 1.86. The number of oxazole rings is 1. The number of aromatic nitrogens is 1. The van der Waals surface area contributed by atoms with Crippen molar-refractivity contribution >= 4 is 22.5 Å². The van der Waals surface area contributed by atoms with Gasteiger partial charge in [-0.15, -0.1) is 0 Å². The number of hydrogen-bond donors (Lipinski definition) is 1. The topological polar surface area (TPSA) is 95.2 Å². The lowest BCUT2D eigenvalue weighted by atomic mass is 10.1. The van der Waals surface area contributed by atoms with Crippen molar-refractivity contribution in [1.82, 2.24) is 4.98 Å². The summed E-state index contributed by atoms with van der Waals surface area (Å²) in [6.45, 7) is 0. The monoisotopic (exact) mass is 273 g/mol. The summed E-state index contributed by atoms with van der Waals surface area (Å²) in [6, 6.07) is 7.89. The molecule has 0 saturated carbocycles. The Bertz CT molecular complexity index is 829. The van der Waals surface area contributed by atoms with E-state index < -0.39 is 10.7 Å². The van der Waals surface area contributed by atoms with Crippen molar-refractivity contribution < 1.29 is 13.7 Å². The number of rotatable bonds is 2. The molecule has 2 N–H and O–H groups in total. The molecule has 100 valence electrons. The minimum atomic E-state index is -0.536. The quantitative estimate of drug-likeness (QED) is 0.439. The standard InChI is InChI=1S/C13H8FN3O3/c14-7-1-4-11-12(5-7)20-13(16-11)9-6-8(17(18)19)2-3-10(9)15/h1-6H,15H2. The maximum absolute atomic E-state index is 13.1. The first kappa shape index (κ1) is 12.1. The fourth-order valence-corrected chi connectivity index (χ4v) is 1.86. The van der Waals surface area contributed by atoms with Gasteiger partial charge in [0.25, 0.3) is 5.69 Å². The van der Waals surface area contributed by atoms with Crippen LogP contribution in [0, 0.1) is 15.9 Å². The summed E-state index contributed by atoms with van der Waals surface area (Å²) in [5, 5.41) is 10.8. The van der Waals surface area contributed by atoms with Crippen molar-refractivity contribution in [1.29, 1.82) is 0 Å². The van der Waals surface area contributed by atoms with Gasteiger partial charge in [-0.25, -0.2) is 9.37 Å². The number of benzene rings is 2. The number of fused-ring (bicyclic) bond motifs is 1. The van der Waals surface area contributed by atoms with Crippen LogP contribution in [0.4, 0.5) is 15.8 Å². The molecule has 0 radical (unpaired) electrons. The number of nitrogens with zero attached hydrogens (tertiary/aromatic N) is 2. The molecule has 1 aromatic heterocycles. The van der Waals surface area contributed by atoms with Crippen molar-refractivity contribution in [3.05, 3.63) is 52.3 Å². The Labute approximate surface area is 111 Å². The highest BCUT2D eigenvalue weighted by atomic mass is 19.1. The molecule has 0 amide bonds. The third-order valence-corrected chi connectivity index (χ3v) is 2.83. The van der Waals surface area contributed by atoms with Gasteiger partial charge in [0.15, 0.2) is 5.58 Å². The van der Waals surface area contributed by atoms with Gasteiger partial charge in [-0.3, -0.25) is 10.1 Å². The molecule has 2 aromatic carbocycles. The molecule has 0 unspecified atom stereocenters. The lowest BCUT2D eigenvalue weighted by molar-refractivity contribution is -0.384. The average molecular weight is 273 g/mol. The van der Waals surface area contributed by atoms with Crippen LogP contribution in [-0.2, 0) is 0 Å². The summed E-state index contributed by atoms with van der Waals surface area (Å²) in [7, 11) is 0. The lowest BCUT2D eigenvalue weighted by Crippen LogP contribution is -1.93. The maximum atomic E-state index is 13.1. The maximum Gasteiger partial charge on any atom is 0.270 e. The summed E-state index contributed by atoms with van der Waals surface area (Å²) in [6.07, 6.45) is 0. The van der Waals surface area contributed by atoms with Crippen LogP contribution in [0.25, 0.3) is 22.6 Å². The predicted molar refractivity (Wildman–Crippen MR) is 70.5 cm³/mol. The molecule has 3 rings (SSSR count). The van der Waals surface area contributed by atoms with Crippen LogP contribution in [0.2, 0.25) is 0 Å². The molecule has 0 aliphatic carbocycles. The minimum absolute atomic E-state index is 0.117. The Morgan fingerprint density at radius 3 is 2.80 bits per heavy atom. The van der Waals surface area contributed by atoms with E-state index in [2.05, 4.69) is 4.98 Å². The highest BCUT2D eigenvalue weighted by Gasteiger charge is 2.16. The SMILES string of the molecule is Nc1ccc([N+](=O)[O-])cc1-c1nc2ccc(F)cc2o1. The second-order valence-corrected chi connectivity index (χ2v) is 4.16. The van der Waals surface area contributed by atoms with Crippen LogP contribution >= 0.6 is 0 Å². The molecule has 1 heterocycles. The molecular weight excluding hydrogens is 265 g/mol. The first-order valence-electron chi connectivity index (χ1n) is 5.65. The van der Waals surface area contributed by atoms with E-state index in [1.165, 1.54) is 36.4 Å². The summed E-state index contributed by atoms with van der Waals surface area (Å²) in [5.74, 6) is -0.334. The number of nitro benzene ring substituents is 1. The second kappa shape index (κ2) is 4.30. The van der Waals surface area contributed by atoms with Crippen molar-refractivity contribution in [2.45, 2.75) is 0 Å². The molecule has 0 atom stereocenters. The highest BCUT2D eigenvalue weighted by Crippen LogP contribution is 2.31. The third kappa shape index (κ3) is 1.95. The minimum Gasteiger partial charge on any atom is -0.436 e. The number of halogens is 1. The molecule has 20 heavy (non-hydrogen) atoms. The van der Waals surface area contributed by atoms with Gasteiger partial charge in [0.1, 0.15) is 11.3 Å². The molecule has 0 bridgehead atoms. The highest BCUT2D eigenvalue weighted by molar-refractivity contribution is 5.80. The van der Waals surface area contributed by atoms with Crippen LogP contribution in [0.15, 0.2) is 40.8 Å². The van der Waals surface area contributed by atoms with E-state index >= 15 is 0 Å². The average Bonchev–Trinajstić information content (AvgIpc) is 2.81. The van der Waals surface area contributed by atoms with Gasteiger partial charge in [0.2, 0.25) is 5.89 Å². The Hall–Kier alpha value is -2.96. The first-order valence-corrected chi connectivity index (χ1v) is 5.65. The van der Waals surface area contributed by atoms with Crippen molar-refractivity contribution in [2.75, 3.05) is 5.73 Å². The Morgan fingerprint density at radius 2 is 2.05 bits per heavy atom. The number of nitro groups is 1. The normalized spacial score (nSPS) is 10.8. The molecule has 0 fully saturated rings. The number of hydrogen-bond acceptors (Lipinski definition) is 5. The van der Waals surface area contributed by atoms with Crippen LogP contribution in [0.3, 0.4) is 0 Å². The predicted octanol–water partition coefficient (Wildman–Crippen LogP) is 3.12. The van der Waals surface area contributed by atoms with Gasteiger partial charge in [0, 0.05) is 23.9 Å². The van der Waals surface area contributed by atoms with Crippen molar-refractivity contribution in [3.63, 3.8) is 0 Å². The molecule has 0 spiro atoms. The van der Waals surface area contributed by atoms with Gasteiger partial charge in [-0.1, -0.05) is 0 Å². The smallest absolute Gasteiger partial charge is 0.270 e. The number of nitrogen functional groups attached to an aromatic ring is 1. The summed E-state index contributed by atoms with van der Waals surface area (Å²) >= 11 is 0. The van der Waals surface area contributed by atoms with Crippen molar-refractivity contribution in [2.24, 2.45) is 0 Å². The number of anilines is 1. The van der Waals surface area contributed by atoms with Crippen molar-refractivity contribution in [3.8, 4) is 11.5 Å². The zero-order valence-corrected chi connectivity index (χ0v) is 10.0. The Morgan fingerprint density at radius 1 is 1.25 bits per heavy atom. The molecule has 3 aromatic rings. The van der Waals surface area contributed by atoms with E-state index in [1.807, 2.05) is 0 Å². The van der Waals surface area contributed by atoms with Gasteiger partial charge < -0.3 is 10.2 Å². The zero-order valence-electron chi connectivity index (χ0n) is 10.0. The molecule has 6 nitrogen and oxygen atoms in total. The third-order valence-electron chi connectivity index (χ3n) is 2.83. The zero-order chi connectivity index (χ0) is 14.3. The summed E-state index contributed by atoms with van der Waals surface area (Å²) < 4.78 is 18.5. The number of non-ortho nitro benzene ring substituents is 1. The van der Waals surface area contributed by atoms with E-state index in [0.717, 1.165) is 0 Å². The fraction of sp³-hybridized carbons (Fsp3) is 0. The Kier molecular flexibility index (Phi) is 2.60. The van der Waals surface area contributed by atoms with Gasteiger partial charge >= 0.3 is 0 Å². The lowest BCUT2D eigenvalue weighted by Gasteiger charge is -2.00. The van der Waals surface area contributed by atoms with Gasteiger partial charge in [-0.05, 0) is 18.2 Å². The van der Waals surface area contributed by atoms with Crippen LogP contribution < -0.4 is 5.73 Å². The largest absolute Gasteiger partial charge is 0.436 e. The van der Waals surface area contributed by atoms with Crippen LogP contribution in [0.1, 0.15) is 0 Å². The van der Waals surface area contributed by atoms with Crippen LogP contribution in [-0.4, -0.2) is 9.91 Å². The van der Waals surface area contributed by atoms with E-state index in [9.17, 15) is 14.5 Å². The molecule has 0 aliphatic rings. The molecule has 0 aliphatic heterocycles.